The van der Waals surface area contributed by atoms with Crippen LogP contribution < -0.4 is 5.32 Å². The molecule has 1 rings (SSSR count). The van der Waals surface area contributed by atoms with Crippen LogP contribution >= 0.6 is 0 Å². The third kappa shape index (κ3) is 5.95. The van der Waals surface area contributed by atoms with Gasteiger partial charge >= 0.3 is 5.97 Å². The first-order valence-electron chi connectivity index (χ1n) is 6.25. The maximum atomic E-state index is 10.8. The molecular formula is C14H21NO2. The van der Waals surface area contributed by atoms with Crippen LogP contribution in [0.3, 0.4) is 0 Å². The molecule has 1 aromatic rings. The highest BCUT2D eigenvalue weighted by Gasteiger charge is 2.12. The van der Waals surface area contributed by atoms with E-state index in [-0.39, 0.29) is 12.5 Å². The number of hydrogen-bond donors (Lipinski definition) is 2. The molecule has 0 saturated carbocycles. The average molecular weight is 235 g/mol. The minimum absolute atomic E-state index is 0.0291. The Kier molecular flexibility index (Phi) is 6.15. The average Bonchev–Trinajstić information content (AvgIpc) is 2.30. The molecule has 3 heteroatoms. The standard InChI is InChI=1S/C14H21NO2/c1-2-3-5-10-13(11-14(16)17)15-12-8-6-4-7-9-12/h4,6-9,13,15H,2-3,5,10-11H2,1H3,(H,16,17)/t13-/m0/s1. The summed E-state index contributed by atoms with van der Waals surface area (Å²) in [5.74, 6) is -0.741. The summed E-state index contributed by atoms with van der Waals surface area (Å²) >= 11 is 0. The molecule has 0 spiro atoms. The number of hydrogen-bond acceptors (Lipinski definition) is 2. The van der Waals surface area contributed by atoms with Crippen molar-refractivity contribution < 1.29 is 9.90 Å². The lowest BCUT2D eigenvalue weighted by molar-refractivity contribution is -0.137. The van der Waals surface area contributed by atoms with E-state index < -0.39 is 5.97 Å². The minimum atomic E-state index is -0.741. The van der Waals surface area contributed by atoms with Crippen molar-refractivity contribution in [3.63, 3.8) is 0 Å². The van der Waals surface area contributed by atoms with Crippen molar-refractivity contribution in [1.82, 2.24) is 0 Å². The molecule has 0 aliphatic carbocycles. The number of unbranched alkanes of at least 4 members (excludes halogenated alkanes) is 2. The second-order valence-electron chi connectivity index (χ2n) is 4.30. The van der Waals surface area contributed by atoms with Crippen LogP contribution in [0.5, 0.6) is 0 Å². The summed E-state index contributed by atoms with van der Waals surface area (Å²) in [7, 11) is 0. The first-order valence-corrected chi connectivity index (χ1v) is 6.25. The van der Waals surface area contributed by atoms with E-state index in [4.69, 9.17) is 5.11 Å². The molecule has 0 saturated heterocycles. The lowest BCUT2D eigenvalue weighted by atomic mass is 10.1. The van der Waals surface area contributed by atoms with Gasteiger partial charge in [-0.3, -0.25) is 4.79 Å². The second-order valence-corrected chi connectivity index (χ2v) is 4.30. The normalized spacial score (nSPS) is 12.1. The lowest BCUT2D eigenvalue weighted by Crippen LogP contribution is -2.23. The van der Waals surface area contributed by atoms with E-state index in [9.17, 15) is 4.79 Å². The Morgan fingerprint density at radius 3 is 2.59 bits per heavy atom. The van der Waals surface area contributed by atoms with Crippen molar-refractivity contribution in [3.8, 4) is 0 Å². The zero-order valence-electron chi connectivity index (χ0n) is 10.4. The van der Waals surface area contributed by atoms with Crippen LogP contribution in [0.1, 0.15) is 39.0 Å². The highest BCUT2D eigenvalue weighted by molar-refractivity contribution is 5.68. The number of rotatable bonds is 8. The van der Waals surface area contributed by atoms with E-state index in [1.54, 1.807) is 0 Å². The molecule has 0 aliphatic rings. The second kappa shape index (κ2) is 7.71. The van der Waals surface area contributed by atoms with Crippen molar-refractivity contribution in [2.24, 2.45) is 0 Å². The highest BCUT2D eigenvalue weighted by Crippen LogP contribution is 2.14. The van der Waals surface area contributed by atoms with E-state index in [0.717, 1.165) is 31.4 Å². The largest absolute Gasteiger partial charge is 0.481 e. The summed E-state index contributed by atoms with van der Waals surface area (Å²) in [6, 6.07) is 9.82. The highest BCUT2D eigenvalue weighted by atomic mass is 16.4. The Morgan fingerprint density at radius 2 is 2.00 bits per heavy atom. The van der Waals surface area contributed by atoms with Crippen LogP contribution in [0.2, 0.25) is 0 Å². The quantitative estimate of drug-likeness (QED) is 0.678. The number of anilines is 1. The third-order valence-electron chi connectivity index (χ3n) is 2.72. The van der Waals surface area contributed by atoms with Crippen molar-refractivity contribution in [3.05, 3.63) is 30.3 Å². The maximum absolute atomic E-state index is 10.8. The van der Waals surface area contributed by atoms with Crippen LogP contribution in [0.4, 0.5) is 5.69 Å². The molecule has 1 atom stereocenters. The van der Waals surface area contributed by atoms with Gasteiger partial charge < -0.3 is 10.4 Å². The summed E-state index contributed by atoms with van der Waals surface area (Å²) < 4.78 is 0. The zero-order valence-corrected chi connectivity index (χ0v) is 10.4. The van der Waals surface area contributed by atoms with E-state index in [1.165, 1.54) is 0 Å². The predicted octanol–water partition coefficient (Wildman–Crippen LogP) is 3.52. The molecule has 0 amide bonds. The lowest BCUT2D eigenvalue weighted by Gasteiger charge is -2.18. The number of aliphatic carboxylic acids is 1. The fourth-order valence-corrected chi connectivity index (χ4v) is 1.85. The van der Waals surface area contributed by atoms with Gasteiger partial charge in [0.15, 0.2) is 0 Å². The van der Waals surface area contributed by atoms with Gasteiger partial charge in [-0.2, -0.15) is 0 Å². The van der Waals surface area contributed by atoms with Gasteiger partial charge in [-0.05, 0) is 18.6 Å². The molecule has 0 fully saturated rings. The Balaban J connectivity index is 2.48. The molecule has 0 unspecified atom stereocenters. The molecule has 0 bridgehead atoms. The van der Waals surface area contributed by atoms with Crippen LogP contribution in [-0.2, 0) is 4.79 Å². The van der Waals surface area contributed by atoms with Gasteiger partial charge in [0.05, 0.1) is 6.42 Å². The number of para-hydroxylation sites is 1. The third-order valence-corrected chi connectivity index (χ3v) is 2.72. The molecule has 17 heavy (non-hydrogen) atoms. The number of benzene rings is 1. The Hall–Kier alpha value is -1.51. The summed E-state index contributed by atoms with van der Waals surface area (Å²) in [5, 5.41) is 12.2. The van der Waals surface area contributed by atoms with Gasteiger partial charge in [0.25, 0.3) is 0 Å². The van der Waals surface area contributed by atoms with Crippen molar-refractivity contribution in [2.45, 2.75) is 45.1 Å². The molecule has 2 N–H and O–H groups in total. The zero-order chi connectivity index (χ0) is 12.5. The Labute approximate surface area is 103 Å². The van der Waals surface area contributed by atoms with Crippen LogP contribution in [0, 0.1) is 0 Å². The molecule has 0 heterocycles. The summed E-state index contributed by atoms with van der Waals surface area (Å²) in [4.78, 5) is 10.8. The number of carboxylic acids is 1. The summed E-state index contributed by atoms with van der Waals surface area (Å²) in [6.07, 6.45) is 4.49. The van der Waals surface area contributed by atoms with Gasteiger partial charge in [-0.25, -0.2) is 0 Å². The predicted molar refractivity (Wildman–Crippen MR) is 70.2 cm³/mol. The van der Waals surface area contributed by atoms with Crippen molar-refractivity contribution >= 4 is 11.7 Å². The molecule has 94 valence electrons. The smallest absolute Gasteiger partial charge is 0.305 e. The SMILES string of the molecule is CCCCC[C@@H](CC(=O)O)Nc1ccccc1. The summed E-state index contributed by atoms with van der Waals surface area (Å²) in [5.41, 5.74) is 0.996. The summed E-state index contributed by atoms with van der Waals surface area (Å²) in [6.45, 7) is 2.15. The van der Waals surface area contributed by atoms with Gasteiger partial charge in [-0.15, -0.1) is 0 Å². The topological polar surface area (TPSA) is 49.3 Å². The van der Waals surface area contributed by atoms with Crippen LogP contribution in [0.15, 0.2) is 30.3 Å². The van der Waals surface area contributed by atoms with Gasteiger partial charge in [-0.1, -0.05) is 44.4 Å². The number of carbonyl (C=O) groups is 1. The molecule has 1 aromatic carbocycles. The van der Waals surface area contributed by atoms with Gasteiger partial charge in [0.2, 0.25) is 0 Å². The number of carboxylic acid groups (broad SMARTS) is 1. The Morgan fingerprint density at radius 1 is 1.29 bits per heavy atom. The molecular weight excluding hydrogens is 214 g/mol. The van der Waals surface area contributed by atoms with Crippen LogP contribution in [0.25, 0.3) is 0 Å². The molecule has 0 aliphatic heterocycles. The van der Waals surface area contributed by atoms with Crippen molar-refractivity contribution in [1.29, 1.82) is 0 Å². The number of nitrogens with one attached hydrogen (secondary N) is 1. The molecule has 3 nitrogen and oxygen atoms in total. The minimum Gasteiger partial charge on any atom is -0.481 e. The van der Waals surface area contributed by atoms with E-state index in [2.05, 4.69) is 12.2 Å². The maximum Gasteiger partial charge on any atom is 0.305 e. The van der Waals surface area contributed by atoms with Gasteiger partial charge in [0.1, 0.15) is 0 Å². The first kappa shape index (κ1) is 13.6. The fourth-order valence-electron chi connectivity index (χ4n) is 1.85. The van der Waals surface area contributed by atoms with E-state index in [1.807, 2.05) is 30.3 Å². The van der Waals surface area contributed by atoms with Crippen LogP contribution in [-0.4, -0.2) is 17.1 Å². The molecule has 0 radical (unpaired) electrons. The monoisotopic (exact) mass is 235 g/mol. The van der Waals surface area contributed by atoms with Crippen molar-refractivity contribution in [2.75, 3.05) is 5.32 Å². The Bertz CT molecular complexity index is 324. The van der Waals surface area contributed by atoms with E-state index >= 15 is 0 Å². The fraction of sp³-hybridized carbons (Fsp3) is 0.500. The first-order chi connectivity index (χ1) is 8.22. The molecule has 0 aromatic heterocycles. The van der Waals surface area contributed by atoms with E-state index in [0.29, 0.717) is 0 Å². The van der Waals surface area contributed by atoms with Gasteiger partial charge in [0, 0.05) is 11.7 Å².